The molecule has 1 aromatic heterocycles. The van der Waals surface area contributed by atoms with Gasteiger partial charge >= 0.3 is 0 Å². The lowest BCUT2D eigenvalue weighted by atomic mass is 9.65. The Morgan fingerprint density at radius 2 is 1.80 bits per heavy atom. The summed E-state index contributed by atoms with van der Waals surface area (Å²) >= 11 is 0. The highest BCUT2D eigenvalue weighted by atomic mass is 16.3. The first-order valence-corrected chi connectivity index (χ1v) is 15.5. The van der Waals surface area contributed by atoms with Gasteiger partial charge in [-0.1, -0.05) is 74.9 Å². The zero-order chi connectivity index (χ0) is 28.5. The molecule has 220 valence electrons. The molecule has 41 heavy (non-hydrogen) atoms. The van der Waals surface area contributed by atoms with Crippen LogP contribution >= 0.6 is 0 Å². The average molecular weight is 559 g/mol. The Morgan fingerprint density at radius 1 is 1.05 bits per heavy atom. The number of carbonyl (C=O) groups excluding carboxylic acids is 1. The number of anilines is 1. The molecule has 2 fully saturated rings. The minimum Gasteiger partial charge on any atom is -0.396 e. The number of rotatable bonds is 9. The first kappa shape index (κ1) is 29.3. The van der Waals surface area contributed by atoms with Crippen LogP contribution in [0.25, 0.3) is 0 Å². The normalized spacial score (nSPS) is 20.0. The van der Waals surface area contributed by atoms with Crippen LogP contribution in [0.5, 0.6) is 0 Å². The van der Waals surface area contributed by atoms with Crippen molar-refractivity contribution in [3.05, 3.63) is 77.4 Å². The summed E-state index contributed by atoms with van der Waals surface area (Å²) in [6.45, 7) is 2.64. The van der Waals surface area contributed by atoms with Gasteiger partial charge in [0.15, 0.2) is 5.82 Å². The molecule has 2 aliphatic rings. The maximum absolute atomic E-state index is 13.1. The van der Waals surface area contributed by atoms with Crippen LogP contribution in [0.4, 0.5) is 5.69 Å². The standard InChI is InChI=1S/C33H46N6O2/c1-39-30(37-38-31(39)28-16-20-34-24-33(28)18-9-4-2-3-5-10-19-33)23-35-27-15-11-14-26(22-27)32(41)36-29(17-21-40)25-12-7-6-8-13-25/h6-8,11-15,22,28-29,34-35,40H,2-5,9-10,16-21,23-24H2,1H3,(H,36,41)/t28?,29-/m1/s1. The third-order valence-electron chi connectivity index (χ3n) is 9.24. The first-order chi connectivity index (χ1) is 20.1. The van der Waals surface area contributed by atoms with E-state index < -0.39 is 0 Å². The first-order valence-electron chi connectivity index (χ1n) is 15.5. The summed E-state index contributed by atoms with van der Waals surface area (Å²) in [6, 6.07) is 17.1. The van der Waals surface area contributed by atoms with E-state index in [1.54, 1.807) is 0 Å². The van der Waals surface area contributed by atoms with Crippen molar-refractivity contribution in [2.45, 2.75) is 82.7 Å². The van der Waals surface area contributed by atoms with Crippen LogP contribution in [0.2, 0.25) is 0 Å². The molecule has 2 aromatic carbocycles. The average Bonchev–Trinajstić information content (AvgIpc) is 3.42. The lowest BCUT2D eigenvalue weighted by Crippen LogP contribution is -2.46. The molecule has 1 spiro atoms. The van der Waals surface area contributed by atoms with E-state index >= 15 is 0 Å². The van der Waals surface area contributed by atoms with Gasteiger partial charge in [-0.2, -0.15) is 0 Å². The van der Waals surface area contributed by atoms with E-state index in [0.717, 1.165) is 42.4 Å². The summed E-state index contributed by atoms with van der Waals surface area (Å²) in [7, 11) is 2.10. The Kier molecular flexibility index (Phi) is 10.1. The molecule has 1 aliphatic heterocycles. The second-order valence-corrected chi connectivity index (χ2v) is 11.9. The summed E-state index contributed by atoms with van der Waals surface area (Å²) in [5, 5.41) is 29.2. The monoisotopic (exact) mass is 558 g/mol. The maximum Gasteiger partial charge on any atom is 0.251 e. The fourth-order valence-corrected chi connectivity index (χ4v) is 6.89. The number of nitrogens with zero attached hydrogens (tertiary/aromatic N) is 3. The molecule has 8 heteroatoms. The maximum atomic E-state index is 13.1. The highest BCUT2D eigenvalue weighted by Gasteiger charge is 2.43. The van der Waals surface area contributed by atoms with E-state index in [1.807, 2.05) is 54.6 Å². The largest absolute Gasteiger partial charge is 0.396 e. The van der Waals surface area contributed by atoms with Crippen molar-refractivity contribution in [2.24, 2.45) is 12.5 Å². The summed E-state index contributed by atoms with van der Waals surface area (Å²) in [5.74, 6) is 2.28. The molecule has 5 rings (SSSR count). The molecule has 0 radical (unpaired) electrons. The molecule has 3 aromatic rings. The summed E-state index contributed by atoms with van der Waals surface area (Å²) in [4.78, 5) is 13.1. The highest BCUT2D eigenvalue weighted by molar-refractivity contribution is 5.95. The van der Waals surface area contributed by atoms with Gasteiger partial charge in [-0.25, -0.2) is 0 Å². The fraction of sp³-hybridized carbons (Fsp3) is 0.545. The van der Waals surface area contributed by atoms with E-state index in [9.17, 15) is 9.90 Å². The predicted octanol–water partition coefficient (Wildman–Crippen LogP) is 5.48. The lowest BCUT2D eigenvalue weighted by molar-refractivity contribution is 0.0930. The molecular weight excluding hydrogens is 512 g/mol. The molecule has 1 saturated carbocycles. The smallest absolute Gasteiger partial charge is 0.251 e. The van der Waals surface area contributed by atoms with Gasteiger partial charge in [-0.15, -0.1) is 10.2 Å². The number of aromatic nitrogens is 3. The molecule has 1 aliphatic carbocycles. The van der Waals surface area contributed by atoms with Crippen molar-refractivity contribution in [3.63, 3.8) is 0 Å². The van der Waals surface area contributed by atoms with Crippen LogP contribution in [0.3, 0.4) is 0 Å². The third kappa shape index (κ3) is 7.16. The molecule has 2 atom stereocenters. The Hall–Kier alpha value is -3.23. The van der Waals surface area contributed by atoms with Crippen molar-refractivity contribution >= 4 is 11.6 Å². The Bertz CT molecular complexity index is 1250. The molecule has 2 heterocycles. The predicted molar refractivity (Wildman–Crippen MR) is 163 cm³/mol. The number of carbonyl (C=O) groups is 1. The Balaban J connectivity index is 1.26. The van der Waals surface area contributed by atoms with Crippen molar-refractivity contribution < 1.29 is 9.90 Å². The molecule has 4 N–H and O–H groups in total. The van der Waals surface area contributed by atoms with Gasteiger partial charge in [0.05, 0.1) is 12.6 Å². The fourth-order valence-electron chi connectivity index (χ4n) is 6.89. The molecule has 8 nitrogen and oxygen atoms in total. The number of piperidine rings is 1. The molecule has 0 bridgehead atoms. The minimum atomic E-state index is -0.247. The SMILES string of the molecule is Cn1c(CNc2cccc(C(=O)N[C@H](CCO)c3ccccc3)c2)nnc1C1CCNCC12CCCCCCCC2. The van der Waals surface area contributed by atoms with Gasteiger partial charge in [0.25, 0.3) is 5.91 Å². The van der Waals surface area contributed by atoms with E-state index in [1.165, 1.54) is 51.4 Å². The van der Waals surface area contributed by atoms with Crippen molar-refractivity contribution in [2.75, 3.05) is 25.0 Å². The zero-order valence-corrected chi connectivity index (χ0v) is 24.4. The van der Waals surface area contributed by atoms with E-state index in [-0.39, 0.29) is 24.0 Å². The van der Waals surface area contributed by atoms with Crippen molar-refractivity contribution in [1.82, 2.24) is 25.4 Å². The Labute approximate surface area is 244 Å². The van der Waals surface area contributed by atoms with Crippen LogP contribution in [0.15, 0.2) is 54.6 Å². The quantitative estimate of drug-likeness (QED) is 0.277. The van der Waals surface area contributed by atoms with Crippen LogP contribution < -0.4 is 16.0 Å². The van der Waals surface area contributed by atoms with Gasteiger partial charge in [0, 0.05) is 37.4 Å². The van der Waals surface area contributed by atoms with Gasteiger partial charge in [0.1, 0.15) is 5.82 Å². The minimum absolute atomic E-state index is 0.000383. The zero-order valence-electron chi connectivity index (χ0n) is 24.4. The number of hydrogen-bond acceptors (Lipinski definition) is 6. The number of benzene rings is 2. The van der Waals surface area contributed by atoms with E-state index in [2.05, 4.69) is 32.7 Å². The number of aliphatic hydroxyl groups excluding tert-OH is 1. The highest BCUT2D eigenvalue weighted by Crippen LogP contribution is 2.48. The van der Waals surface area contributed by atoms with Gasteiger partial charge in [-0.3, -0.25) is 4.79 Å². The van der Waals surface area contributed by atoms with Crippen LogP contribution in [-0.2, 0) is 13.6 Å². The number of nitrogens with one attached hydrogen (secondary N) is 3. The molecule has 1 saturated heterocycles. The lowest BCUT2D eigenvalue weighted by Gasteiger charge is -2.44. The van der Waals surface area contributed by atoms with Crippen LogP contribution in [0, 0.1) is 5.41 Å². The summed E-state index contributed by atoms with van der Waals surface area (Å²) < 4.78 is 2.20. The van der Waals surface area contributed by atoms with E-state index in [4.69, 9.17) is 5.10 Å². The van der Waals surface area contributed by atoms with Crippen molar-refractivity contribution in [3.8, 4) is 0 Å². The second-order valence-electron chi connectivity index (χ2n) is 11.9. The summed E-state index contributed by atoms with van der Waals surface area (Å²) in [5.41, 5.74) is 2.68. The third-order valence-corrected chi connectivity index (χ3v) is 9.24. The molecule has 1 unspecified atom stereocenters. The van der Waals surface area contributed by atoms with Gasteiger partial charge in [-0.05, 0) is 61.4 Å². The van der Waals surface area contributed by atoms with Crippen molar-refractivity contribution in [1.29, 1.82) is 0 Å². The van der Waals surface area contributed by atoms with Crippen LogP contribution in [0.1, 0.15) is 104 Å². The van der Waals surface area contributed by atoms with Gasteiger partial charge in [0.2, 0.25) is 0 Å². The number of aliphatic hydroxyl groups is 1. The second kappa shape index (κ2) is 14.1. The van der Waals surface area contributed by atoms with Crippen LogP contribution in [-0.4, -0.2) is 45.5 Å². The number of hydrogen-bond donors (Lipinski definition) is 4. The Morgan fingerprint density at radius 3 is 2.56 bits per heavy atom. The van der Waals surface area contributed by atoms with Gasteiger partial charge < -0.3 is 25.6 Å². The molecular formula is C33H46N6O2. The molecule has 1 amide bonds. The topological polar surface area (TPSA) is 104 Å². The number of amides is 1. The summed E-state index contributed by atoms with van der Waals surface area (Å²) in [6.07, 6.45) is 12.1. The van der Waals surface area contributed by atoms with E-state index in [0.29, 0.717) is 24.4 Å².